The standard InChI is InChI=1S/C36H37N3O4S/c1-5-42-35(41)31-32(25-11-7-6-8-12-25)37-36-39(33(31)26-14-17-29(18-15-26)43-23(2)3)34(40)30(44-36)22-27-13-16-28(21-24(27)4)38-19-9-10-20-38/h6-8,11-18,21-23,33H,5,9-10,19-20H2,1-4H3/b30-22-/t33-/m1/s1. The Labute approximate surface area is 261 Å². The van der Waals surface area contributed by atoms with E-state index in [1.54, 1.807) is 11.5 Å². The Bertz CT molecular complexity index is 1880. The lowest BCUT2D eigenvalue weighted by Gasteiger charge is -2.26. The number of benzene rings is 3. The third-order valence-corrected chi connectivity index (χ3v) is 8.94. The highest BCUT2D eigenvalue weighted by atomic mass is 32.1. The molecule has 0 amide bonds. The molecule has 0 N–H and O–H groups in total. The molecule has 1 saturated heterocycles. The van der Waals surface area contributed by atoms with Gasteiger partial charge in [-0.2, -0.15) is 0 Å². The third kappa shape index (κ3) is 5.86. The molecule has 0 spiro atoms. The van der Waals surface area contributed by atoms with Crippen molar-refractivity contribution in [3.63, 3.8) is 0 Å². The van der Waals surface area contributed by atoms with Crippen molar-refractivity contribution < 1.29 is 14.3 Å². The minimum absolute atomic E-state index is 0.0195. The molecule has 4 aromatic rings. The van der Waals surface area contributed by atoms with E-state index >= 15 is 0 Å². The van der Waals surface area contributed by atoms with Crippen LogP contribution in [0.4, 0.5) is 5.69 Å². The maximum atomic E-state index is 14.2. The summed E-state index contributed by atoms with van der Waals surface area (Å²) >= 11 is 1.34. The summed E-state index contributed by atoms with van der Waals surface area (Å²) in [6.07, 6.45) is 4.40. The van der Waals surface area contributed by atoms with E-state index in [0.29, 0.717) is 26.4 Å². The van der Waals surface area contributed by atoms with Crippen LogP contribution in [0.5, 0.6) is 5.75 Å². The monoisotopic (exact) mass is 607 g/mol. The van der Waals surface area contributed by atoms with Gasteiger partial charge in [0.25, 0.3) is 5.56 Å². The van der Waals surface area contributed by atoms with Crippen molar-refractivity contribution >= 4 is 34.8 Å². The minimum Gasteiger partial charge on any atom is -0.491 e. The first-order valence-electron chi connectivity index (χ1n) is 15.2. The minimum atomic E-state index is -0.727. The fourth-order valence-electron chi connectivity index (χ4n) is 5.89. The number of anilines is 1. The molecular weight excluding hydrogens is 570 g/mol. The van der Waals surface area contributed by atoms with E-state index in [9.17, 15) is 9.59 Å². The van der Waals surface area contributed by atoms with E-state index in [2.05, 4.69) is 30.0 Å². The Morgan fingerprint density at radius 1 is 1.05 bits per heavy atom. The number of ether oxygens (including phenoxy) is 2. The molecule has 0 bridgehead atoms. The molecule has 3 heterocycles. The molecule has 0 unspecified atom stereocenters. The molecule has 0 saturated carbocycles. The molecule has 2 aliphatic heterocycles. The van der Waals surface area contributed by atoms with Gasteiger partial charge in [0.05, 0.1) is 34.6 Å². The van der Waals surface area contributed by atoms with E-state index < -0.39 is 12.0 Å². The third-order valence-electron chi connectivity index (χ3n) is 7.95. The lowest BCUT2D eigenvalue weighted by molar-refractivity contribution is -0.138. The van der Waals surface area contributed by atoms with Gasteiger partial charge in [-0.25, -0.2) is 9.79 Å². The molecule has 6 rings (SSSR count). The maximum absolute atomic E-state index is 14.2. The van der Waals surface area contributed by atoms with Crippen LogP contribution in [-0.2, 0) is 9.53 Å². The summed E-state index contributed by atoms with van der Waals surface area (Å²) in [5.41, 5.74) is 5.51. The fraction of sp³-hybridized carbons (Fsp3) is 0.306. The zero-order valence-electron chi connectivity index (χ0n) is 25.6. The highest BCUT2D eigenvalue weighted by Gasteiger charge is 2.35. The lowest BCUT2D eigenvalue weighted by atomic mass is 9.93. The molecule has 1 fully saturated rings. The molecule has 0 radical (unpaired) electrons. The number of rotatable bonds is 8. The van der Waals surface area contributed by atoms with Crippen LogP contribution in [0.15, 0.2) is 88.2 Å². The largest absolute Gasteiger partial charge is 0.491 e. The summed E-state index contributed by atoms with van der Waals surface area (Å²) < 4.78 is 13.7. The maximum Gasteiger partial charge on any atom is 0.338 e. The van der Waals surface area contributed by atoms with Crippen molar-refractivity contribution in [2.45, 2.75) is 52.7 Å². The normalized spacial score (nSPS) is 16.7. The van der Waals surface area contributed by atoms with Gasteiger partial charge in [-0.05, 0) is 87.6 Å². The van der Waals surface area contributed by atoms with Crippen LogP contribution >= 0.6 is 11.3 Å². The van der Waals surface area contributed by atoms with Gasteiger partial charge >= 0.3 is 5.97 Å². The highest BCUT2D eigenvalue weighted by Crippen LogP contribution is 2.36. The fourth-order valence-corrected chi connectivity index (χ4v) is 6.88. The van der Waals surface area contributed by atoms with E-state index in [0.717, 1.165) is 35.3 Å². The van der Waals surface area contributed by atoms with Gasteiger partial charge in [0.2, 0.25) is 0 Å². The Balaban J connectivity index is 1.54. The van der Waals surface area contributed by atoms with E-state index in [1.807, 2.05) is 74.5 Å². The summed E-state index contributed by atoms with van der Waals surface area (Å²) in [5.74, 6) is 0.221. The number of hydrogen-bond donors (Lipinski definition) is 0. The van der Waals surface area contributed by atoms with Gasteiger partial charge in [-0.3, -0.25) is 9.36 Å². The highest BCUT2D eigenvalue weighted by molar-refractivity contribution is 7.07. The van der Waals surface area contributed by atoms with Crippen LogP contribution in [0.1, 0.15) is 61.9 Å². The average molecular weight is 608 g/mol. The number of nitrogens with zero attached hydrogens (tertiary/aromatic N) is 3. The molecule has 8 heteroatoms. The first-order chi connectivity index (χ1) is 21.3. The van der Waals surface area contributed by atoms with Gasteiger partial charge in [-0.1, -0.05) is 59.9 Å². The van der Waals surface area contributed by atoms with Crippen LogP contribution in [0.25, 0.3) is 11.8 Å². The van der Waals surface area contributed by atoms with E-state index in [1.165, 1.54) is 29.9 Å². The lowest BCUT2D eigenvalue weighted by Crippen LogP contribution is -2.40. The summed E-state index contributed by atoms with van der Waals surface area (Å²) in [5, 5.41) is 0. The number of esters is 1. The molecule has 2 aliphatic rings. The van der Waals surface area contributed by atoms with Crippen LogP contribution in [0, 0.1) is 6.92 Å². The van der Waals surface area contributed by atoms with Gasteiger partial charge < -0.3 is 14.4 Å². The van der Waals surface area contributed by atoms with Crippen molar-refractivity contribution in [2.24, 2.45) is 4.99 Å². The van der Waals surface area contributed by atoms with Gasteiger partial charge in [-0.15, -0.1) is 0 Å². The zero-order valence-corrected chi connectivity index (χ0v) is 26.4. The SMILES string of the molecule is CCOC(=O)C1=C(c2ccccc2)N=c2s/c(=C\c3ccc(N4CCCC4)cc3C)c(=O)n2[C@@H]1c1ccc(OC(C)C)cc1. The van der Waals surface area contributed by atoms with Crippen molar-refractivity contribution in [3.8, 4) is 5.75 Å². The van der Waals surface area contributed by atoms with Gasteiger partial charge in [0, 0.05) is 24.3 Å². The topological polar surface area (TPSA) is 73.1 Å². The summed E-state index contributed by atoms with van der Waals surface area (Å²) in [6.45, 7) is 10.2. The summed E-state index contributed by atoms with van der Waals surface area (Å²) in [6, 6.07) is 22.9. The van der Waals surface area contributed by atoms with Crippen LogP contribution in [0.3, 0.4) is 0 Å². The zero-order chi connectivity index (χ0) is 30.8. The van der Waals surface area contributed by atoms with E-state index in [4.69, 9.17) is 14.5 Å². The number of carbonyl (C=O) groups excluding carboxylic acids is 1. The second-order valence-electron chi connectivity index (χ2n) is 11.4. The Morgan fingerprint density at radius 3 is 2.43 bits per heavy atom. The second-order valence-corrected chi connectivity index (χ2v) is 12.4. The smallest absolute Gasteiger partial charge is 0.338 e. The molecule has 3 aromatic carbocycles. The number of aryl methyl sites for hydroxylation is 1. The molecule has 44 heavy (non-hydrogen) atoms. The molecule has 1 aromatic heterocycles. The van der Waals surface area contributed by atoms with E-state index in [-0.39, 0.29) is 18.3 Å². The van der Waals surface area contributed by atoms with Crippen molar-refractivity contribution in [2.75, 3.05) is 24.6 Å². The second kappa shape index (κ2) is 12.7. The van der Waals surface area contributed by atoms with Gasteiger partial charge in [0.15, 0.2) is 4.80 Å². The Kier molecular flexibility index (Phi) is 8.53. The number of carbonyl (C=O) groups is 1. The van der Waals surface area contributed by atoms with Crippen molar-refractivity contribution in [1.29, 1.82) is 0 Å². The number of thiazole rings is 1. The molecular formula is C36H37N3O4S. The van der Waals surface area contributed by atoms with Crippen LogP contribution in [-0.4, -0.2) is 36.3 Å². The van der Waals surface area contributed by atoms with Crippen molar-refractivity contribution in [3.05, 3.63) is 120 Å². The number of aromatic nitrogens is 1. The van der Waals surface area contributed by atoms with Crippen molar-refractivity contribution in [1.82, 2.24) is 4.57 Å². The first kappa shape index (κ1) is 29.6. The molecule has 0 aliphatic carbocycles. The predicted octanol–water partition coefficient (Wildman–Crippen LogP) is 5.63. The predicted molar refractivity (Wildman–Crippen MR) is 176 cm³/mol. The Hall–Kier alpha value is -4.43. The number of hydrogen-bond acceptors (Lipinski definition) is 7. The van der Waals surface area contributed by atoms with Crippen LogP contribution in [0.2, 0.25) is 0 Å². The molecule has 7 nitrogen and oxygen atoms in total. The molecule has 226 valence electrons. The number of fused-ring (bicyclic) bond motifs is 1. The molecule has 1 atom stereocenters. The first-order valence-corrected chi connectivity index (χ1v) is 16.1. The van der Waals surface area contributed by atoms with Gasteiger partial charge in [0.1, 0.15) is 5.75 Å². The van der Waals surface area contributed by atoms with Crippen LogP contribution < -0.4 is 24.5 Å². The summed E-state index contributed by atoms with van der Waals surface area (Å²) in [7, 11) is 0. The summed E-state index contributed by atoms with van der Waals surface area (Å²) in [4.78, 5) is 35.8. The Morgan fingerprint density at radius 2 is 1.77 bits per heavy atom. The quantitative estimate of drug-likeness (QED) is 0.243. The average Bonchev–Trinajstić information content (AvgIpc) is 3.66.